The van der Waals surface area contributed by atoms with Crippen molar-refractivity contribution in [3.8, 4) is 11.3 Å². The molecule has 1 aliphatic carbocycles. The molecule has 3 aromatic rings. The topological polar surface area (TPSA) is 30.0 Å². The van der Waals surface area contributed by atoms with E-state index in [-0.39, 0.29) is 5.78 Å². The third-order valence-electron chi connectivity index (χ3n) is 3.45. The van der Waals surface area contributed by atoms with Crippen molar-refractivity contribution < 1.29 is 4.79 Å². The zero-order valence-electron chi connectivity index (χ0n) is 9.55. The molecule has 1 heterocycles. The van der Waals surface area contributed by atoms with Gasteiger partial charge < -0.3 is 0 Å². The molecule has 0 fully saturated rings. The van der Waals surface area contributed by atoms with Crippen molar-refractivity contribution in [3.63, 3.8) is 0 Å². The van der Waals surface area contributed by atoms with E-state index >= 15 is 0 Å². The molecule has 2 nitrogen and oxygen atoms in total. The number of benzene rings is 2. The molecule has 0 spiro atoms. The summed E-state index contributed by atoms with van der Waals surface area (Å²) in [5.41, 5.74) is 3.27. The Labute approximate surface area is 104 Å². The van der Waals surface area contributed by atoms with Crippen LogP contribution in [-0.4, -0.2) is 10.8 Å². The second-order valence-corrected chi connectivity index (χ2v) is 4.44. The van der Waals surface area contributed by atoms with Crippen LogP contribution >= 0.6 is 0 Å². The number of fused-ring (bicyclic) bond motifs is 5. The monoisotopic (exact) mass is 231 g/mol. The molecule has 18 heavy (non-hydrogen) atoms. The van der Waals surface area contributed by atoms with Crippen LogP contribution in [0.1, 0.15) is 15.9 Å². The Morgan fingerprint density at radius 3 is 2.44 bits per heavy atom. The normalized spacial score (nSPS) is 12.6. The second-order valence-electron chi connectivity index (χ2n) is 4.44. The lowest BCUT2D eigenvalue weighted by molar-refractivity contribution is 0.104. The number of nitrogens with zero attached hydrogens (tertiary/aromatic N) is 1. The van der Waals surface area contributed by atoms with Crippen LogP contribution < -0.4 is 0 Å². The van der Waals surface area contributed by atoms with Crippen molar-refractivity contribution in [2.24, 2.45) is 0 Å². The second kappa shape index (κ2) is 3.26. The van der Waals surface area contributed by atoms with Gasteiger partial charge in [-0.1, -0.05) is 48.5 Å². The highest BCUT2D eigenvalue weighted by molar-refractivity contribution is 6.26. The molecule has 0 saturated heterocycles. The van der Waals surface area contributed by atoms with Crippen LogP contribution in [0, 0.1) is 0 Å². The molecular formula is C16H9NO. The molecule has 0 unspecified atom stereocenters. The Morgan fingerprint density at radius 1 is 0.833 bits per heavy atom. The summed E-state index contributed by atoms with van der Waals surface area (Å²) in [6.07, 6.45) is 1.84. The van der Waals surface area contributed by atoms with Gasteiger partial charge in [0.15, 0.2) is 5.78 Å². The fourth-order valence-electron chi connectivity index (χ4n) is 2.62. The van der Waals surface area contributed by atoms with Crippen LogP contribution in [0.25, 0.3) is 22.0 Å². The number of aromatic nitrogens is 1. The standard InChI is InChI=1S/C16H9NO/c18-16-13-8-4-3-7-12(13)15-14(16)11-6-2-1-5-10(11)9-17-15/h1-9H. The van der Waals surface area contributed by atoms with E-state index in [9.17, 15) is 4.79 Å². The number of rotatable bonds is 0. The third-order valence-corrected chi connectivity index (χ3v) is 3.45. The molecule has 2 aromatic carbocycles. The smallest absolute Gasteiger partial charge is 0.196 e. The molecule has 0 N–H and O–H groups in total. The number of hydrogen-bond donors (Lipinski definition) is 0. The van der Waals surface area contributed by atoms with Gasteiger partial charge in [0.05, 0.1) is 11.3 Å². The zero-order chi connectivity index (χ0) is 12.1. The average molecular weight is 231 g/mol. The predicted molar refractivity (Wildman–Crippen MR) is 70.6 cm³/mol. The molecule has 4 rings (SSSR count). The summed E-state index contributed by atoms with van der Waals surface area (Å²) in [7, 11) is 0. The largest absolute Gasteiger partial charge is 0.288 e. The van der Waals surface area contributed by atoms with Crippen LogP contribution in [-0.2, 0) is 0 Å². The van der Waals surface area contributed by atoms with Gasteiger partial charge in [-0.05, 0) is 5.39 Å². The zero-order valence-corrected chi connectivity index (χ0v) is 9.55. The van der Waals surface area contributed by atoms with Crippen LogP contribution in [0.3, 0.4) is 0 Å². The lowest BCUT2D eigenvalue weighted by Gasteiger charge is -2.02. The third kappa shape index (κ3) is 1.07. The first kappa shape index (κ1) is 9.54. The maximum atomic E-state index is 12.5. The maximum absolute atomic E-state index is 12.5. The SMILES string of the molecule is O=C1c2ccccc2-c2ncc3ccccc3c21. The Kier molecular flexibility index (Phi) is 1.73. The van der Waals surface area contributed by atoms with E-state index < -0.39 is 0 Å². The van der Waals surface area contributed by atoms with Crippen LogP contribution in [0.5, 0.6) is 0 Å². The average Bonchev–Trinajstić information content (AvgIpc) is 2.73. The Hall–Kier alpha value is -2.48. The minimum Gasteiger partial charge on any atom is -0.288 e. The summed E-state index contributed by atoms with van der Waals surface area (Å²) in [5, 5.41) is 2.00. The number of pyridine rings is 1. The number of carbonyl (C=O) groups is 1. The molecule has 0 bridgehead atoms. The van der Waals surface area contributed by atoms with E-state index in [1.807, 2.05) is 54.7 Å². The van der Waals surface area contributed by atoms with E-state index in [2.05, 4.69) is 4.98 Å². The molecule has 1 aromatic heterocycles. The summed E-state index contributed by atoms with van der Waals surface area (Å²) >= 11 is 0. The molecule has 0 atom stereocenters. The van der Waals surface area contributed by atoms with Gasteiger partial charge in [0.25, 0.3) is 0 Å². The fraction of sp³-hybridized carbons (Fsp3) is 0. The highest BCUT2D eigenvalue weighted by Crippen LogP contribution is 2.38. The molecule has 1 aliphatic rings. The van der Waals surface area contributed by atoms with Crippen molar-refractivity contribution in [2.45, 2.75) is 0 Å². The summed E-state index contributed by atoms with van der Waals surface area (Å²) in [5.74, 6) is 0.0879. The van der Waals surface area contributed by atoms with E-state index in [1.165, 1.54) is 0 Å². The predicted octanol–water partition coefficient (Wildman–Crippen LogP) is 3.45. The molecular weight excluding hydrogens is 222 g/mol. The molecule has 0 radical (unpaired) electrons. The maximum Gasteiger partial charge on any atom is 0.196 e. The van der Waals surface area contributed by atoms with Gasteiger partial charge in [-0.3, -0.25) is 9.78 Å². The van der Waals surface area contributed by atoms with Gasteiger partial charge in [0.2, 0.25) is 0 Å². The van der Waals surface area contributed by atoms with Gasteiger partial charge in [-0.25, -0.2) is 0 Å². The van der Waals surface area contributed by atoms with E-state index in [0.717, 1.165) is 33.2 Å². The molecule has 2 heteroatoms. The fourth-order valence-corrected chi connectivity index (χ4v) is 2.62. The van der Waals surface area contributed by atoms with Crippen molar-refractivity contribution >= 4 is 16.6 Å². The summed E-state index contributed by atoms with van der Waals surface area (Å²) in [4.78, 5) is 16.9. The van der Waals surface area contributed by atoms with E-state index in [1.54, 1.807) is 0 Å². The van der Waals surface area contributed by atoms with Crippen LogP contribution in [0.2, 0.25) is 0 Å². The lowest BCUT2D eigenvalue weighted by atomic mass is 10.0. The number of hydrogen-bond acceptors (Lipinski definition) is 2. The van der Waals surface area contributed by atoms with Gasteiger partial charge in [0, 0.05) is 22.7 Å². The van der Waals surface area contributed by atoms with Crippen molar-refractivity contribution in [2.75, 3.05) is 0 Å². The van der Waals surface area contributed by atoms with Crippen LogP contribution in [0.15, 0.2) is 54.7 Å². The molecule has 84 valence electrons. The number of carbonyl (C=O) groups excluding carboxylic acids is 1. The van der Waals surface area contributed by atoms with Gasteiger partial charge in [0.1, 0.15) is 0 Å². The highest BCUT2D eigenvalue weighted by atomic mass is 16.1. The van der Waals surface area contributed by atoms with E-state index in [4.69, 9.17) is 0 Å². The summed E-state index contributed by atoms with van der Waals surface area (Å²) < 4.78 is 0. The molecule has 0 aliphatic heterocycles. The van der Waals surface area contributed by atoms with Gasteiger partial charge >= 0.3 is 0 Å². The van der Waals surface area contributed by atoms with E-state index in [0.29, 0.717) is 0 Å². The Bertz CT molecular complexity index is 805. The first-order valence-electron chi connectivity index (χ1n) is 5.88. The summed E-state index contributed by atoms with van der Waals surface area (Å²) in [6, 6.07) is 15.6. The lowest BCUT2D eigenvalue weighted by Crippen LogP contribution is -1.96. The Morgan fingerprint density at radius 2 is 1.56 bits per heavy atom. The van der Waals surface area contributed by atoms with Crippen molar-refractivity contribution in [1.82, 2.24) is 4.98 Å². The van der Waals surface area contributed by atoms with Gasteiger partial charge in [-0.2, -0.15) is 0 Å². The van der Waals surface area contributed by atoms with Gasteiger partial charge in [-0.15, -0.1) is 0 Å². The first-order chi connectivity index (χ1) is 8.86. The quantitative estimate of drug-likeness (QED) is 0.464. The molecule has 0 saturated carbocycles. The number of ketones is 1. The molecule has 0 amide bonds. The van der Waals surface area contributed by atoms with Crippen LogP contribution in [0.4, 0.5) is 0 Å². The van der Waals surface area contributed by atoms with Crippen molar-refractivity contribution in [3.05, 3.63) is 65.9 Å². The highest BCUT2D eigenvalue weighted by Gasteiger charge is 2.29. The first-order valence-corrected chi connectivity index (χ1v) is 5.88. The minimum absolute atomic E-state index is 0.0879. The minimum atomic E-state index is 0.0879. The summed E-state index contributed by atoms with van der Waals surface area (Å²) in [6.45, 7) is 0. The van der Waals surface area contributed by atoms with Crippen molar-refractivity contribution in [1.29, 1.82) is 0 Å². The Balaban J connectivity index is 2.18.